The Kier molecular flexibility index (Phi) is 5.33. The van der Waals surface area contributed by atoms with Crippen molar-refractivity contribution in [1.29, 1.82) is 0 Å². The van der Waals surface area contributed by atoms with Crippen LogP contribution in [0.25, 0.3) is 0 Å². The maximum atomic E-state index is 13.8. The van der Waals surface area contributed by atoms with E-state index in [4.69, 9.17) is 5.14 Å². The van der Waals surface area contributed by atoms with E-state index in [1.165, 1.54) is 4.57 Å². The highest BCUT2D eigenvalue weighted by Crippen LogP contribution is 2.14. The Morgan fingerprint density at radius 3 is 2.60 bits per heavy atom. The van der Waals surface area contributed by atoms with Gasteiger partial charge in [-0.15, -0.1) is 0 Å². The first-order valence-electron chi connectivity index (χ1n) is 7.25. The molecule has 0 unspecified atom stereocenters. The monoisotopic (exact) mass is 368 g/mol. The zero-order chi connectivity index (χ0) is 18.8. The van der Waals surface area contributed by atoms with Crippen LogP contribution in [-0.4, -0.2) is 30.4 Å². The normalized spacial score (nSPS) is 11.4. The average molecular weight is 368 g/mol. The first-order chi connectivity index (χ1) is 11.6. The lowest BCUT2D eigenvalue weighted by Crippen LogP contribution is -2.33. The molecular formula is C15H17FN4O4S. The van der Waals surface area contributed by atoms with Gasteiger partial charge in [-0.05, 0) is 38.1 Å². The smallest absolute Gasteiger partial charge is 0.348 e. The molecule has 134 valence electrons. The molecule has 0 atom stereocenters. The summed E-state index contributed by atoms with van der Waals surface area (Å²) in [6.07, 6.45) is 0. The molecule has 8 nitrogen and oxygen atoms in total. The Morgan fingerprint density at radius 1 is 1.32 bits per heavy atom. The van der Waals surface area contributed by atoms with E-state index in [1.807, 2.05) is 0 Å². The summed E-state index contributed by atoms with van der Waals surface area (Å²) >= 11 is 0. The van der Waals surface area contributed by atoms with Gasteiger partial charge in [0.1, 0.15) is 5.82 Å². The van der Waals surface area contributed by atoms with E-state index in [1.54, 1.807) is 19.9 Å². The van der Waals surface area contributed by atoms with Crippen LogP contribution in [0, 0.1) is 19.7 Å². The summed E-state index contributed by atoms with van der Waals surface area (Å²) in [5.74, 6) is -1.69. The third kappa shape index (κ3) is 4.48. The number of benzene rings is 1. The van der Waals surface area contributed by atoms with Crippen LogP contribution >= 0.6 is 0 Å². The van der Waals surface area contributed by atoms with Crippen molar-refractivity contribution in [2.24, 2.45) is 5.14 Å². The minimum absolute atomic E-state index is 0.0311. The molecule has 0 spiro atoms. The molecule has 1 aromatic carbocycles. The highest BCUT2D eigenvalue weighted by atomic mass is 32.2. The SMILES string of the molecule is Cc1cc(C)n(CCNC(=O)c2cc(S(N)(=O)=O)ccc2F)c(=O)n1. The highest BCUT2D eigenvalue weighted by molar-refractivity contribution is 7.89. The lowest BCUT2D eigenvalue weighted by Gasteiger charge is -2.11. The van der Waals surface area contributed by atoms with Gasteiger partial charge in [-0.1, -0.05) is 0 Å². The molecule has 0 aliphatic rings. The Bertz CT molecular complexity index is 986. The molecule has 0 aliphatic heterocycles. The Morgan fingerprint density at radius 2 is 2.00 bits per heavy atom. The molecule has 2 aromatic rings. The maximum Gasteiger partial charge on any atom is 0.348 e. The standard InChI is InChI=1S/C15H17FN4O4S/c1-9-7-10(2)20(15(22)19-9)6-5-18-14(21)12-8-11(25(17,23)24)3-4-13(12)16/h3-4,7-8H,5-6H2,1-2H3,(H,18,21)(H2,17,23,24). The van der Waals surface area contributed by atoms with Crippen LogP contribution in [0.15, 0.2) is 34.0 Å². The van der Waals surface area contributed by atoms with Gasteiger partial charge >= 0.3 is 5.69 Å². The van der Waals surface area contributed by atoms with Gasteiger partial charge in [0, 0.05) is 24.5 Å². The fourth-order valence-corrected chi connectivity index (χ4v) is 2.82. The zero-order valence-electron chi connectivity index (χ0n) is 13.6. The number of halogens is 1. The minimum atomic E-state index is -4.05. The van der Waals surface area contributed by atoms with E-state index in [2.05, 4.69) is 10.3 Å². The largest absolute Gasteiger partial charge is 0.350 e. The van der Waals surface area contributed by atoms with Gasteiger partial charge in [-0.25, -0.2) is 22.7 Å². The first-order valence-corrected chi connectivity index (χ1v) is 8.80. The highest BCUT2D eigenvalue weighted by Gasteiger charge is 2.16. The second-order valence-corrected chi connectivity index (χ2v) is 6.98. The van der Waals surface area contributed by atoms with Crippen molar-refractivity contribution in [2.75, 3.05) is 6.54 Å². The fourth-order valence-electron chi connectivity index (χ4n) is 2.28. The average Bonchev–Trinajstić information content (AvgIpc) is 2.48. The number of hydrogen-bond acceptors (Lipinski definition) is 5. The lowest BCUT2D eigenvalue weighted by molar-refractivity contribution is 0.0947. The number of carbonyl (C=O) groups is 1. The van der Waals surface area contributed by atoms with E-state index < -0.39 is 33.0 Å². The molecule has 0 fully saturated rings. The van der Waals surface area contributed by atoms with E-state index in [0.29, 0.717) is 11.4 Å². The molecule has 0 aliphatic carbocycles. The van der Waals surface area contributed by atoms with Crippen molar-refractivity contribution in [3.8, 4) is 0 Å². The number of nitrogens with two attached hydrogens (primary N) is 1. The zero-order valence-corrected chi connectivity index (χ0v) is 14.4. The van der Waals surface area contributed by atoms with Gasteiger partial charge in [0.25, 0.3) is 5.91 Å². The molecule has 3 N–H and O–H groups in total. The summed E-state index contributed by atoms with van der Waals surface area (Å²) in [6.45, 7) is 3.60. The van der Waals surface area contributed by atoms with Crippen LogP contribution in [0.2, 0.25) is 0 Å². The predicted molar refractivity (Wildman–Crippen MR) is 88.1 cm³/mol. The van der Waals surface area contributed by atoms with E-state index >= 15 is 0 Å². The predicted octanol–water partition coefficient (Wildman–Crippen LogP) is 0.0766. The molecule has 10 heteroatoms. The van der Waals surface area contributed by atoms with Gasteiger partial charge in [-0.3, -0.25) is 9.36 Å². The summed E-state index contributed by atoms with van der Waals surface area (Å²) in [6, 6.07) is 4.42. The van der Waals surface area contributed by atoms with Crippen molar-refractivity contribution < 1.29 is 17.6 Å². The van der Waals surface area contributed by atoms with Crippen LogP contribution in [-0.2, 0) is 16.6 Å². The van der Waals surface area contributed by atoms with Gasteiger partial charge in [0.15, 0.2) is 0 Å². The molecule has 2 rings (SSSR count). The quantitative estimate of drug-likeness (QED) is 0.773. The van der Waals surface area contributed by atoms with Crippen molar-refractivity contribution in [3.05, 3.63) is 57.5 Å². The topological polar surface area (TPSA) is 124 Å². The molecule has 1 heterocycles. The third-order valence-corrected chi connectivity index (χ3v) is 4.39. The second kappa shape index (κ2) is 7.11. The third-order valence-electron chi connectivity index (χ3n) is 3.48. The Balaban J connectivity index is 2.13. The minimum Gasteiger partial charge on any atom is -0.350 e. The number of nitrogens with zero attached hydrogens (tertiary/aromatic N) is 2. The Labute approximate surface area is 143 Å². The van der Waals surface area contributed by atoms with Crippen molar-refractivity contribution in [3.63, 3.8) is 0 Å². The van der Waals surface area contributed by atoms with Crippen molar-refractivity contribution >= 4 is 15.9 Å². The molecule has 25 heavy (non-hydrogen) atoms. The van der Waals surface area contributed by atoms with Crippen LogP contribution < -0.4 is 16.1 Å². The fraction of sp³-hybridized carbons (Fsp3) is 0.267. The summed E-state index contributed by atoms with van der Waals surface area (Å²) in [7, 11) is -4.05. The number of aromatic nitrogens is 2. The molecule has 1 amide bonds. The van der Waals surface area contributed by atoms with Crippen LogP contribution in [0.5, 0.6) is 0 Å². The summed E-state index contributed by atoms with van der Waals surface area (Å²) in [5, 5.41) is 7.40. The van der Waals surface area contributed by atoms with Gasteiger partial charge in [0.2, 0.25) is 10.0 Å². The van der Waals surface area contributed by atoms with Crippen molar-refractivity contribution in [2.45, 2.75) is 25.3 Å². The maximum absolute atomic E-state index is 13.8. The van der Waals surface area contributed by atoms with Crippen molar-refractivity contribution in [1.82, 2.24) is 14.9 Å². The number of nitrogens with one attached hydrogen (secondary N) is 1. The number of hydrogen-bond donors (Lipinski definition) is 2. The number of aryl methyl sites for hydroxylation is 2. The van der Waals surface area contributed by atoms with E-state index in [0.717, 1.165) is 18.2 Å². The van der Waals surface area contributed by atoms with Gasteiger partial charge in [0.05, 0.1) is 10.5 Å². The number of rotatable bonds is 5. The molecule has 0 bridgehead atoms. The molecule has 0 saturated carbocycles. The Hall–Kier alpha value is -2.59. The van der Waals surface area contributed by atoms with Gasteiger partial charge in [-0.2, -0.15) is 4.98 Å². The van der Waals surface area contributed by atoms with Gasteiger partial charge < -0.3 is 5.32 Å². The lowest BCUT2D eigenvalue weighted by atomic mass is 10.2. The molecule has 0 saturated heterocycles. The first kappa shape index (κ1) is 18.7. The van der Waals surface area contributed by atoms with Crippen LogP contribution in [0.4, 0.5) is 4.39 Å². The molecule has 0 radical (unpaired) electrons. The number of carbonyl (C=O) groups excluding carboxylic acids is 1. The number of sulfonamides is 1. The molecular weight excluding hydrogens is 351 g/mol. The summed E-state index contributed by atoms with van der Waals surface area (Å²) < 4.78 is 37.7. The summed E-state index contributed by atoms with van der Waals surface area (Å²) in [5.41, 5.74) is 0.366. The van der Waals surface area contributed by atoms with E-state index in [-0.39, 0.29) is 18.0 Å². The number of primary sulfonamides is 1. The number of amides is 1. The molecule has 1 aromatic heterocycles. The second-order valence-electron chi connectivity index (χ2n) is 5.42. The van der Waals surface area contributed by atoms with E-state index in [9.17, 15) is 22.4 Å². The van der Waals surface area contributed by atoms with Crippen LogP contribution in [0.1, 0.15) is 21.7 Å². The summed E-state index contributed by atoms with van der Waals surface area (Å²) in [4.78, 5) is 27.3. The van der Waals surface area contributed by atoms with Crippen LogP contribution in [0.3, 0.4) is 0 Å².